The van der Waals surface area contributed by atoms with Crippen molar-refractivity contribution in [3.05, 3.63) is 36.2 Å². The molecule has 2 N–H and O–H groups in total. The van der Waals surface area contributed by atoms with E-state index in [-0.39, 0.29) is 11.8 Å². The number of piperidine rings is 1. The molecule has 1 atom stereocenters. The van der Waals surface area contributed by atoms with Gasteiger partial charge in [0.05, 0.1) is 12.2 Å². The molecule has 3 rings (SSSR count). The molecule has 94 valence electrons. The third-order valence-corrected chi connectivity index (χ3v) is 3.38. The molecule has 0 spiro atoms. The van der Waals surface area contributed by atoms with Crippen LogP contribution in [0.25, 0.3) is 11.1 Å². The van der Waals surface area contributed by atoms with Crippen LogP contribution in [-0.2, 0) is 0 Å². The van der Waals surface area contributed by atoms with Gasteiger partial charge in [0.1, 0.15) is 5.75 Å². The molecule has 0 radical (unpaired) electrons. The molecule has 0 aliphatic carbocycles. The van der Waals surface area contributed by atoms with E-state index in [4.69, 9.17) is 4.52 Å². The van der Waals surface area contributed by atoms with Crippen molar-refractivity contribution in [3.8, 4) is 16.9 Å². The van der Waals surface area contributed by atoms with Crippen LogP contribution in [0.5, 0.6) is 5.75 Å². The number of aromatic nitrogens is 1. The molecule has 1 aromatic carbocycles. The minimum Gasteiger partial charge on any atom is -0.508 e. The largest absolute Gasteiger partial charge is 0.508 e. The van der Waals surface area contributed by atoms with Gasteiger partial charge in [0, 0.05) is 5.56 Å². The number of benzene rings is 1. The number of phenolic OH excluding ortho intramolecular Hbond substituents is 1. The van der Waals surface area contributed by atoms with Crippen LogP contribution in [0.15, 0.2) is 35.0 Å². The molecule has 0 bridgehead atoms. The first-order valence-corrected chi connectivity index (χ1v) is 6.32. The lowest BCUT2D eigenvalue weighted by Gasteiger charge is -2.21. The van der Waals surface area contributed by atoms with E-state index in [0.717, 1.165) is 29.9 Å². The summed E-state index contributed by atoms with van der Waals surface area (Å²) in [6, 6.07) is 7.42. The summed E-state index contributed by atoms with van der Waals surface area (Å²) >= 11 is 0. The fourth-order valence-corrected chi connectivity index (χ4v) is 2.47. The van der Waals surface area contributed by atoms with Crippen LogP contribution in [0.4, 0.5) is 0 Å². The summed E-state index contributed by atoms with van der Waals surface area (Å²) in [7, 11) is 0. The quantitative estimate of drug-likeness (QED) is 0.852. The molecule has 1 aromatic heterocycles. The van der Waals surface area contributed by atoms with E-state index in [9.17, 15) is 5.11 Å². The SMILES string of the molecule is Oc1cccc(-c2cnoc2C2CCCCN2)c1. The summed E-state index contributed by atoms with van der Waals surface area (Å²) in [6.07, 6.45) is 5.21. The molecule has 0 amide bonds. The maximum Gasteiger partial charge on any atom is 0.161 e. The number of hydrogen-bond acceptors (Lipinski definition) is 4. The van der Waals surface area contributed by atoms with Crippen molar-refractivity contribution in [1.29, 1.82) is 0 Å². The smallest absolute Gasteiger partial charge is 0.161 e. The van der Waals surface area contributed by atoms with Crippen LogP contribution in [0.3, 0.4) is 0 Å². The fraction of sp³-hybridized carbons (Fsp3) is 0.357. The lowest BCUT2D eigenvalue weighted by Crippen LogP contribution is -2.26. The van der Waals surface area contributed by atoms with Gasteiger partial charge in [-0.15, -0.1) is 0 Å². The Bertz CT molecular complexity index is 530. The van der Waals surface area contributed by atoms with Crippen molar-refractivity contribution in [1.82, 2.24) is 10.5 Å². The van der Waals surface area contributed by atoms with Gasteiger partial charge < -0.3 is 14.9 Å². The summed E-state index contributed by atoms with van der Waals surface area (Å²) in [5.74, 6) is 1.14. The van der Waals surface area contributed by atoms with Crippen LogP contribution >= 0.6 is 0 Å². The number of nitrogens with one attached hydrogen (secondary N) is 1. The molecule has 1 unspecified atom stereocenters. The fourth-order valence-electron chi connectivity index (χ4n) is 2.47. The number of nitrogens with zero attached hydrogens (tertiary/aromatic N) is 1. The Morgan fingerprint density at radius 1 is 1.33 bits per heavy atom. The molecular weight excluding hydrogens is 228 g/mol. The average Bonchev–Trinajstić information content (AvgIpc) is 2.89. The molecule has 18 heavy (non-hydrogen) atoms. The topological polar surface area (TPSA) is 58.3 Å². The van der Waals surface area contributed by atoms with Crippen LogP contribution in [0, 0.1) is 0 Å². The van der Waals surface area contributed by atoms with E-state index in [1.807, 2.05) is 12.1 Å². The molecule has 1 aliphatic rings. The van der Waals surface area contributed by atoms with Crippen LogP contribution < -0.4 is 5.32 Å². The Hall–Kier alpha value is -1.81. The van der Waals surface area contributed by atoms with Gasteiger partial charge in [-0.2, -0.15) is 0 Å². The number of phenols is 1. The number of hydrogen-bond donors (Lipinski definition) is 2. The van der Waals surface area contributed by atoms with Gasteiger partial charge in [0.2, 0.25) is 0 Å². The lowest BCUT2D eigenvalue weighted by molar-refractivity contribution is 0.306. The van der Waals surface area contributed by atoms with Crippen molar-refractivity contribution >= 4 is 0 Å². The molecule has 0 saturated carbocycles. The van der Waals surface area contributed by atoms with Gasteiger partial charge in [-0.25, -0.2) is 0 Å². The highest BCUT2D eigenvalue weighted by Gasteiger charge is 2.22. The van der Waals surface area contributed by atoms with E-state index in [1.54, 1.807) is 18.3 Å². The molecular formula is C14H16N2O2. The highest BCUT2D eigenvalue weighted by Crippen LogP contribution is 2.33. The van der Waals surface area contributed by atoms with Crippen molar-refractivity contribution in [3.63, 3.8) is 0 Å². The molecule has 2 heterocycles. The Morgan fingerprint density at radius 3 is 3.06 bits per heavy atom. The second-order valence-corrected chi connectivity index (χ2v) is 4.66. The minimum atomic E-state index is 0.235. The number of aromatic hydroxyl groups is 1. The molecule has 1 aliphatic heterocycles. The first kappa shape index (κ1) is 11.3. The third kappa shape index (κ3) is 2.11. The second kappa shape index (κ2) is 4.82. The van der Waals surface area contributed by atoms with E-state index in [1.165, 1.54) is 12.8 Å². The standard InChI is InChI=1S/C14H16N2O2/c17-11-5-3-4-10(8-11)12-9-16-18-14(12)13-6-1-2-7-15-13/h3-5,8-9,13,15,17H,1-2,6-7H2. The van der Waals surface area contributed by atoms with Gasteiger partial charge in [-0.3, -0.25) is 0 Å². The summed E-state index contributed by atoms with van der Waals surface area (Å²) in [5.41, 5.74) is 1.91. The van der Waals surface area contributed by atoms with E-state index >= 15 is 0 Å². The van der Waals surface area contributed by atoms with Crippen LogP contribution in [-0.4, -0.2) is 16.8 Å². The van der Waals surface area contributed by atoms with Crippen molar-refractivity contribution in [2.45, 2.75) is 25.3 Å². The normalized spacial score (nSPS) is 19.9. The zero-order chi connectivity index (χ0) is 12.4. The van der Waals surface area contributed by atoms with Gasteiger partial charge in [0.15, 0.2) is 5.76 Å². The first-order valence-electron chi connectivity index (χ1n) is 6.32. The highest BCUT2D eigenvalue weighted by atomic mass is 16.5. The third-order valence-electron chi connectivity index (χ3n) is 3.38. The van der Waals surface area contributed by atoms with E-state index < -0.39 is 0 Å². The van der Waals surface area contributed by atoms with Crippen LogP contribution in [0.2, 0.25) is 0 Å². The predicted molar refractivity (Wildman–Crippen MR) is 68.2 cm³/mol. The van der Waals surface area contributed by atoms with Gasteiger partial charge >= 0.3 is 0 Å². The monoisotopic (exact) mass is 244 g/mol. The molecule has 4 heteroatoms. The van der Waals surface area contributed by atoms with Crippen molar-refractivity contribution in [2.75, 3.05) is 6.54 Å². The van der Waals surface area contributed by atoms with Crippen LogP contribution in [0.1, 0.15) is 31.1 Å². The first-order chi connectivity index (χ1) is 8.84. The van der Waals surface area contributed by atoms with Gasteiger partial charge in [0.25, 0.3) is 0 Å². The maximum atomic E-state index is 9.55. The molecule has 1 fully saturated rings. The van der Waals surface area contributed by atoms with E-state index in [0.29, 0.717) is 0 Å². The Balaban J connectivity index is 1.95. The highest BCUT2D eigenvalue weighted by molar-refractivity contribution is 5.66. The van der Waals surface area contributed by atoms with Crippen molar-refractivity contribution < 1.29 is 9.63 Å². The molecule has 1 saturated heterocycles. The zero-order valence-corrected chi connectivity index (χ0v) is 10.1. The van der Waals surface area contributed by atoms with Gasteiger partial charge in [-0.05, 0) is 37.1 Å². The number of rotatable bonds is 2. The average molecular weight is 244 g/mol. The summed E-state index contributed by atoms with van der Waals surface area (Å²) in [4.78, 5) is 0. The summed E-state index contributed by atoms with van der Waals surface area (Å²) < 4.78 is 5.40. The molecule has 2 aromatic rings. The van der Waals surface area contributed by atoms with Crippen molar-refractivity contribution in [2.24, 2.45) is 0 Å². The minimum absolute atomic E-state index is 0.235. The summed E-state index contributed by atoms with van der Waals surface area (Å²) in [5, 5.41) is 16.9. The Morgan fingerprint density at radius 2 is 2.28 bits per heavy atom. The Labute approximate surface area is 106 Å². The second-order valence-electron chi connectivity index (χ2n) is 4.66. The predicted octanol–water partition coefficient (Wildman–Crippen LogP) is 2.86. The Kier molecular flexibility index (Phi) is 3.02. The molecule has 4 nitrogen and oxygen atoms in total. The lowest BCUT2D eigenvalue weighted by atomic mass is 9.97. The summed E-state index contributed by atoms with van der Waals surface area (Å²) in [6.45, 7) is 1.02. The van der Waals surface area contributed by atoms with Gasteiger partial charge in [-0.1, -0.05) is 23.7 Å². The maximum absolute atomic E-state index is 9.55. The zero-order valence-electron chi connectivity index (χ0n) is 10.1. The van der Waals surface area contributed by atoms with E-state index in [2.05, 4.69) is 10.5 Å².